The molecule has 0 saturated carbocycles. The van der Waals surface area contributed by atoms with E-state index in [1.807, 2.05) is 0 Å². The predicted molar refractivity (Wildman–Crippen MR) is 80.9 cm³/mol. The molecule has 6 nitrogen and oxygen atoms in total. The molecule has 0 saturated heterocycles. The van der Waals surface area contributed by atoms with Gasteiger partial charge in [0.05, 0.1) is 5.56 Å². The summed E-state index contributed by atoms with van der Waals surface area (Å²) in [6, 6.07) is 4.21. The average Bonchev–Trinajstić information content (AvgIpc) is 2.92. The van der Waals surface area contributed by atoms with Crippen LogP contribution in [0.2, 0.25) is 0 Å². The van der Waals surface area contributed by atoms with Gasteiger partial charge in [-0.3, -0.25) is 9.59 Å². The zero-order chi connectivity index (χ0) is 18.6. The first-order valence-corrected chi connectivity index (χ1v) is 7.34. The van der Waals surface area contributed by atoms with Gasteiger partial charge in [-0.25, -0.2) is 0 Å². The van der Waals surface area contributed by atoms with Crippen LogP contribution < -0.4 is 5.32 Å². The highest BCUT2D eigenvalue weighted by molar-refractivity contribution is 6.00. The molecular formula is C16H15F3N2O4. The number of aromatic nitrogens is 1. The van der Waals surface area contributed by atoms with Crippen molar-refractivity contribution in [1.29, 1.82) is 0 Å². The molecule has 2 N–H and O–H groups in total. The smallest absolute Gasteiger partial charge is 0.416 e. The SMILES string of the molecule is Cc1onc(-c2ccc(C(F)(F)F)cc2)c1C(=O)NCCCC(=O)O. The van der Waals surface area contributed by atoms with Crippen molar-refractivity contribution in [3.8, 4) is 11.3 Å². The summed E-state index contributed by atoms with van der Waals surface area (Å²) in [4.78, 5) is 22.7. The number of carbonyl (C=O) groups is 2. The summed E-state index contributed by atoms with van der Waals surface area (Å²) < 4.78 is 42.9. The standard InChI is InChI=1S/C16H15F3N2O4/c1-9-13(15(24)20-8-2-3-12(22)23)14(21-25-9)10-4-6-11(7-5-10)16(17,18)19/h4-7H,2-3,8H2,1H3,(H,20,24)(H,22,23). The first-order valence-electron chi connectivity index (χ1n) is 7.34. The number of nitrogens with one attached hydrogen (secondary N) is 1. The molecule has 1 aromatic carbocycles. The zero-order valence-electron chi connectivity index (χ0n) is 13.2. The molecule has 0 unspecified atom stereocenters. The molecule has 25 heavy (non-hydrogen) atoms. The van der Waals surface area contributed by atoms with Gasteiger partial charge in [-0.1, -0.05) is 17.3 Å². The highest BCUT2D eigenvalue weighted by Crippen LogP contribution is 2.32. The fraction of sp³-hybridized carbons (Fsp3) is 0.312. The van der Waals surface area contributed by atoms with Crippen LogP contribution in [0.3, 0.4) is 0 Å². The van der Waals surface area contributed by atoms with E-state index >= 15 is 0 Å². The minimum absolute atomic E-state index is 0.0886. The van der Waals surface area contributed by atoms with Crippen LogP contribution in [-0.2, 0) is 11.0 Å². The van der Waals surface area contributed by atoms with E-state index in [2.05, 4.69) is 10.5 Å². The number of carboxylic acid groups (broad SMARTS) is 1. The maximum absolute atomic E-state index is 12.6. The number of carbonyl (C=O) groups excluding carboxylic acids is 1. The lowest BCUT2D eigenvalue weighted by Crippen LogP contribution is -2.25. The maximum atomic E-state index is 12.6. The van der Waals surface area contributed by atoms with Crippen molar-refractivity contribution in [3.05, 3.63) is 41.2 Å². The molecule has 0 aliphatic carbocycles. The fourth-order valence-corrected chi connectivity index (χ4v) is 2.18. The van der Waals surface area contributed by atoms with E-state index in [0.717, 1.165) is 12.1 Å². The number of alkyl halides is 3. The molecule has 134 valence electrons. The Hall–Kier alpha value is -2.84. The Morgan fingerprint density at radius 1 is 1.24 bits per heavy atom. The number of nitrogens with zero attached hydrogens (tertiary/aromatic N) is 1. The van der Waals surface area contributed by atoms with Crippen molar-refractivity contribution in [2.75, 3.05) is 6.54 Å². The van der Waals surface area contributed by atoms with Crippen LogP contribution in [0.1, 0.15) is 34.5 Å². The van der Waals surface area contributed by atoms with Gasteiger partial charge in [0.1, 0.15) is 17.0 Å². The maximum Gasteiger partial charge on any atom is 0.416 e. The molecule has 9 heteroatoms. The van der Waals surface area contributed by atoms with E-state index in [1.54, 1.807) is 0 Å². The highest BCUT2D eigenvalue weighted by Gasteiger charge is 2.30. The van der Waals surface area contributed by atoms with Gasteiger partial charge >= 0.3 is 12.1 Å². The van der Waals surface area contributed by atoms with Gasteiger partial charge in [-0.2, -0.15) is 13.2 Å². The predicted octanol–water partition coefficient (Wildman–Crippen LogP) is 3.26. The van der Waals surface area contributed by atoms with Gasteiger partial charge < -0.3 is 14.9 Å². The summed E-state index contributed by atoms with van der Waals surface area (Å²) in [5.41, 5.74) is -0.270. The molecule has 1 aromatic heterocycles. The minimum Gasteiger partial charge on any atom is -0.481 e. The first kappa shape index (κ1) is 18.5. The molecule has 1 heterocycles. The molecule has 0 spiro atoms. The Morgan fingerprint density at radius 2 is 1.88 bits per heavy atom. The number of benzene rings is 1. The molecule has 0 fully saturated rings. The number of hydrogen-bond acceptors (Lipinski definition) is 4. The lowest BCUT2D eigenvalue weighted by molar-refractivity contribution is -0.138. The lowest BCUT2D eigenvalue weighted by atomic mass is 10.0. The van der Waals surface area contributed by atoms with Crippen molar-refractivity contribution in [3.63, 3.8) is 0 Å². The van der Waals surface area contributed by atoms with Crippen molar-refractivity contribution in [1.82, 2.24) is 10.5 Å². The number of aryl methyl sites for hydroxylation is 1. The summed E-state index contributed by atoms with van der Waals surface area (Å²) in [6.45, 7) is 1.65. The van der Waals surface area contributed by atoms with Gasteiger partial charge in [-0.05, 0) is 25.5 Å². The molecule has 0 aliphatic heterocycles. The van der Waals surface area contributed by atoms with Crippen molar-refractivity contribution in [2.24, 2.45) is 0 Å². The number of hydrogen-bond donors (Lipinski definition) is 2. The van der Waals surface area contributed by atoms with Gasteiger partial charge in [0.15, 0.2) is 0 Å². The second kappa shape index (κ2) is 7.37. The van der Waals surface area contributed by atoms with Crippen LogP contribution in [0.5, 0.6) is 0 Å². The third-order valence-electron chi connectivity index (χ3n) is 3.43. The molecular weight excluding hydrogens is 341 g/mol. The third kappa shape index (κ3) is 4.59. The van der Waals surface area contributed by atoms with Crippen LogP contribution in [0, 0.1) is 6.92 Å². The number of aliphatic carboxylic acids is 1. The third-order valence-corrected chi connectivity index (χ3v) is 3.43. The van der Waals surface area contributed by atoms with Crippen LogP contribution in [0.15, 0.2) is 28.8 Å². The van der Waals surface area contributed by atoms with E-state index in [1.165, 1.54) is 19.1 Å². The Labute approximate surface area is 140 Å². The molecule has 2 aromatic rings. The van der Waals surface area contributed by atoms with E-state index in [4.69, 9.17) is 9.63 Å². The molecule has 0 radical (unpaired) electrons. The molecule has 0 aliphatic rings. The Balaban J connectivity index is 2.18. The monoisotopic (exact) mass is 356 g/mol. The summed E-state index contributed by atoms with van der Waals surface area (Å²) in [5.74, 6) is -1.29. The second-order valence-corrected chi connectivity index (χ2v) is 5.29. The van der Waals surface area contributed by atoms with E-state index in [0.29, 0.717) is 5.56 Å². The van der Waals surface area contributed by atoms with Crippen LogP contribution in [-0.4, -0.2) is 28.7 Å². The molecule has 0 atom stereocenters. The number of halogens is 3. The Kier molecular flexibility index (Phi) is 5.45. The summed E-state index contributed by atoms with van der Waals surface area (Å²) in [6.07, 6.45) is -4.29. The van der Waals surface area contributed by atoms with E-state index in [-0.39, 0.29) is 36.4 Å². The van der Waals surface area contributed by atoms with Gasteiger partial charge in [-0.15, -0.1) is 0 Å². The van der Waals surface area contributed by atoms with Crippen molar-refractivity contribution < 1.29 is 32.4 Å². The summed E-state index contributed by atoms with van der Waals surface area (Å²) in [5, 5.41) is 14.9. The number of rotatable bonds is 6. The van der Waals surface area contributed by atoms with Crippen LogP contribution in [0.4, 0.5) is 13.2 Å². The normalized spacial score (nSPS) is 11.4. The molecule has 1 amide bonds. The number of carboxylic acids is 1. The van der Waals surface area contributed by atoms with Crippen LogP contribution in [0.25, 0.3) is 11.3 Å². The molecule has 0 bridgehead atoms. The first-order chi connectivity index (χ1) is 11.7. The largest absolute Gasteiger partial charge is 0.481 e. The lowest BCUT2D eigenvalue weighted by Gasteiger charge is -2.08. The number of amides is 1. The fourth-order valence-electron chi connectivity index (χ4n) is 2.18. The summed E-state index contributed by atoms with van der Waals surface area (Å²) >= 11 is 0. The van der Waals surface area contributed by atoms with E-state index in [9.17, 15) is 22.8 Å². The quantitative estimate of drug-likeness (QED) is 0.775. The topological polar surface area (TPSA) is 92.4 Å². The van der Waals surface area contributed by atoms with Gasteiger partial charge in [0.2, 0.25) is 0 Å². The van der Waals surface area contributed by atoms with Crippen molar-refractivity contribution >= 4 is 11.9 Å². The Morgan fingerprint density at radius 3 is 2.44 bits per heavy atom. The minimum atomic E-state index is -4.46. The zero-order valence-corrected chi connectivity index (χ0v) is 13.2. The van der Waals surface area contributed by atoms with E-state index < -0.39 is 23.6 Å². The second-order valence-electron chi connectivity index (χ2n) is 5.29. The molecule has 2 rings (SSSR count). The van der Waals surface area contributed by atoms with Crippen LogP contribution >= 0.6 is 0 Å². The summed E-state index contributed by atoms with van der Waals surface area (Å²) in [7, 11) is 0. The Bertz CT molecular complexity index is 767. The average molecular weight is 356 g/mol. The van der Waals surface area contributed by atoms with Gasteiger partial charge in [0, 0.05) is 18.5 Å². The van der Waals surface area contributed by atoms with Crippen molar-refractivity contribution in [2.45, 2.75) is 25.9 Å². The highest BCUT2D eigenvalue weighted by atomic mass is 19.4. The van der Waals surface area contributed by atoms with Gasteiger partial charge in [0.25, 0.3) is 5.91 Å².